The van der Waals surface area contributed by atoms with Crippen LogP contribution in [0.2, 0.25) is 0 Å². The first kappa shape index (κ1) is 10.9. The zero-order chi connectivity index (χ0) is 11.7. The summed E-state index contributed by atoms with van der Waals surface area (Å²) < 4.78 is 18.6. The largest absolute Gasteiger partial charge is 0.489 e. The number of ether oxygens (including phenoxy) is 1. The first-order valence-corrected chi connectivity index (χ1v) is 5.26. The fourth-order valence-corrected chi connectivity index (χ4v) is 1.38. The van der Waals surface area contributed by atoms with Gasteiger partial charge in [-0.3, -0.25) is 4.79 Å². The summed E-state index contributed by atoms with van der Waals surface area (Å²) in [6.45, 7) is 0. The van der Waals surface area contributed by atoms with Crippen molar-refractivity contribution in [3.63, 3.8) is 0 Å². The summed E-state index contributed by atoms with van der Waals surface area (Å²) in [6.07, 6.45) is 2.11. The zero-order valence-corrected chi connectivity index (χ0v) is 9.37. The van der Waals surface area contributed by atoms with Gasteiger partial charge in [-0.05, 0) is 25.0 Å². The minimum Gasteiger partial charge on any atom is -0.489 e. The summed E-state index contributed by atoms with van der Waals surface area (Å²) in [6, 6.07) is 4.01. The van der Waals surface area contributed by atoms with Crippen LogP contribution in [0.25, 0.3) is 0 Å². The van der Waals surface area contributed by atoms with Gasteiger partial charge in [0.05, 0.1) is 11.7 Å². The predicted molar refractivity (Wildman–Crippen MR) is 58.1 cm³/mol. The van der Waals surface area contributed by atoms with Crippen molar-refractivity contribution in [2.24, 2.45) is 0 Å². The van der Waals surface area contributed by atoms with Crippen molar-refractivity contribution >= 4 is 5.91 Å². The van der Waals surface area contributed by atoms with Gasteiger partial charge in [-0.1, -0.05) is 0 Å². The van der Waals surface area contributed by atoms with Crippen molar-refractivity contribution in [3.8, 4) is 5.75 Å². The molecule has 0 aliphatic heterocycles. The Balaban J connectivity index is 2.30. The second-order valence-electron chi connectivity index (χ2n) is 4.16. The van der Waals surface area contributed by atoms with Gasteiger partial charge in [0.15, 0.2) is 0 Å². The van der Waals surface area contributed by atoms with Gasteiger partial charge in [-0.2, -0.15) is 0 Å². The zero-order valence-electron chi connectivity index (χ0n) is 9.37. The summed E-state index contributed by atoms with van der Waals surface area (Å²) in [4.78, 5) is 13.3. The number of carbonyl (C=O) groups excluding carboxylic acids is 1. The molecule has 1 aliphatic carbocycles. The maximum absolute atomic E-state index is 13.1. The smallest absolute Gasteiger partial charge is 0.257 e. The van der Waals surface area contributed by atoms with Gasteiger partial charge in [-0.15, -0.1) is 0 Å². The van der Waals surface area contributed by atoms with E-state index in [1.807, 2.05) is 0 Å². The van der Waals surface area contributed by atoms with Gasteiger partial charge in [0.25, 0.3) is 5.91 Å². The average molecular weight is 223 g/mol. The van der Waals surface area contributed by atoms with Gasteiger partial charge < -0.3 is 9.64 Å². The molecule has 0 saturated heterocycles. The second-order valence-corrected chi connectivity index (χ2v) is 4.16. The number of hydrogen-bond acceptors (Lipinski definition) is 2. The third-order valence-electron chi connectivity index (χ3n) is 2.40. The van der Waals surface area contributed by atoms with E-state index in [4.69, 9.17) is 4.74 Å². The molecule has 0 aromatic heterocycles. The average Bonchev–Trinajstić information content (AvgIpc) is 3.01. The molecule has 0 radical (unpaired) electrons. The van der Waals surface area contributed by atoms with Crippen molar-refractivity contribution in [2.75, 3.05) is 14.1 Å². The lowest BCUT2D eigenvalue weighted by Crippen LogP contribution is -2.22. The molecule has 0 heterocycles. The number of halogens is 1. The molecule has 1 fully saturated rings. The number of carbonyl (C=O) groups is 1. The van der Waals surface area contributed by atoms with Gasteiger partial charge in [0.2, 0.25) is 0 Å². The maximum Gasteiger partial charge on any atom is 0.257 e. The van der Waals surface area contributed by atoms with Crippen molar-refractivity contribution in [2.45, 2.75) is 18.9 Å². The van der Waals surface area contributed by atoms with E-state index in [2.05, 4.69) is 0 Å². The molecule has 0 bridgehead atoms. The summed E-state index contributed by atoms with van der Waals surface area (Å²) in [5.41, 5.74) is 0.415. The van der Waals surface area contributed by atoms with Crippen LogP contribution < -0.4 is 4.74 Å². The Bertz CT molecular complexity index is 413. The molecule has 16 heavy (non-hydrogen) atoms. The van der Waals surface area contributed by atoms with Gasteiger partial charge in [0, 0.05) is 20.2 Å². The van der Waals surface area contributed by atoms with Crippen molar-refractivity contribution in [1.29, 1.82) is 0 Å². The molecule has 0 N–H and O–H groups in total. The number of nitrogens with zero attached hydrogens (tertiary/aromatic N) is 1. The topological polar surface area (TPSA) is 29.5 Å². The summed E-state index contributed by atoms with van der Waals surface area (Å²) in [5, 5.41) is 0. The molecule has 0 atom stereocenters. The van der Waals surface area contributed by atoms with E-state index in [-0.39, 0.29) is 17.8 Å². The van der Waals surface area contributed by atoms with Crippen molar-refractivity contribution in [3.05, 3.63) is 29.6 Å². The minimum atomic E-state index is -0.383. The fourth-order valence-electron chi connectivity index (χ4n) is 1.38. The fraction of sp³-hybridized carbons (Fsp3) is 0.417. The van der Waals surface area contributed by atoms with Crippen LogP contribution in [-0.4, -0.2) is 31.0 Å². The summed E-state index contributed by atoms with van der Waals surface area (Å²) >= 11 is 0. The molecular weight excluding hydrogens is 209 g/mol. The molecule has 1 aromatic carbocycles. The molecule has 1 aliphatic rings. The molecule has 2 rings (SSSR count). The van der Waals surface area contributed by atoms with Crippen LogP contribution in [-0.2, 0) is 0 Å². The van der Waals surface area contributed by atoms with Crippen LogP contribution in [0.5, 0.6) is 5.75 Å². The number of benzene rings is 1. The van der Waals surface area contributed by atoms with E-state index in [0.29, 0.717) is 11.3 Å². The highest BCUT2D eigenvalue weighted by Gasteiger charge is 2.26. The van der Waals surface area contributed by atoms with E-state index < -0.39 is 0 Å². The number of hydrogen-bond donors (Lipinski definition) is 0. The highest BCUT2D eigenvalue weighted by Crippen LogP contribution is 2.30. The van der Waals surface area contributed by atoms with E-state index in [1.54, 1.807) is 14.1 Å². The Kier molecular flexibility index (Phi) is 2.81. The van der Waals surface area contributed by atoms with Gasteiger partial charge in [-0.25, -0.2) is 4.39 Å². The lowest BCUT2D eigenvalue weighted by molar-refractivity contribution is 0.0822. The Hall–Kier alpha value is -1.58. The Morgan fingerprint density at radius 3 is 2.69 bits per heavy atom. The summed E-state index contributed by atoms with van der Waals surface area (Å²) in [7, 11) is 3.32. The highest BCUT2D eigenvalue weighted by atomic mass is 19.1. The van der Waals surface area contributed by atoms with E-state index in [0.717, 1.165) is 12.8 Å². The van der Waals surface area contributed by atoms with E-state index in [1.165, 1.54) is 23.1 Å². The normalized spacial score (nSPS) is 14.7. The molecule has 3 nitrogen and oxygen atoms in total. The van der Waals surface area contributed by atoms with Crippen molar-refractivity contribution < 1.29 is 13.9 Å². The predicted octanol–water partition coefficient (Wildman–Crippen LogP) is 2.07. The lowest BCUT2D eigenvalue weighted by Gasteiger charge is -2.14. The molecule has 1 amide bonds. The Morgan fingerprint density at radius 2 is 2.12 bits per heavy atom. The molecule has 4 heteroatoms. The first-order chi connectivity index (χ1) is 7.58. The molecule has 1 saturated carbocycles. The third-order valence-corrected chi connectivity index (χ3v) is 2.40. The SMILES string of the molecule is CN(C)C(=O)c1ccc(F)cc1OC1CC1. The Labute approximate surface area is 93.8 Å². The number of amides is 1. The monoisotopic (exact) mass is 223 g/mol. The van der Waals surface area contributed by atoms with Crippen LogP contribution >= 0.6 is 0 Å². The van der Waals surface area contributed by atoms with E-state index >= 15 is 0 Å². The van der Waals surface area contributed by atoms with Crippen LogP contribution in [0.1, 0.15) is 23.2 Å². The van der Waals surface area contributed by atoms with Crippen LogP contribution in [0.15, 0.2) is 18.2 Å². The molecule has 0 spiro atoms. The highest BCUT2D eigenvalue weighted by molar-refractivity contribution is 5.96. The molecule has 0 unspecified atom stereocenters. The second kappa shape index (κ2) is 4.12. The lowest BCUT2D eigenvalue weighted by atomic mass is 10.1. The van der Waals surface area contributed by atoms with Gasteiger partial charge >= 0.3 is 0 Å². The van der Waals surface area contributed by atoms with Crippen LogP contribution in [0, 0.1) is 5.82 Å². The Morgan fingerprint density at radius 1 is 1.44 bits per heavy atom. The summed E-state index contributed by atoms with van der Waals surface area (Å²) in [5.74, 6) is -0.206. The van der Waals surface area contributed by atoms with Crippen molar-refractivity contribution in [1.82, 2.24) is 4.90 Å². The first-order valence-electron chi connectivity index (χ1n) is 5.26. The standard InChI is InChI=1S/C12H14FNO2/c1-14(2)12(15)10-6-3-8(13)7-11(10)16-9-4-5-9/h3,6-7,9H,4-5H2,1-2H3. The third kappa shape index (κ3) is 2.32. The van der Waals surface area contributed by atoms with E-state index in [9.17, 15) is 9.18 Å². The maximum atomic E-state index is 13.1. The van der Waals surface area contributed by atoms with Crippen LogP contribution in [0.3, 0.4) is 0 Å². The molecule has 86 valence electrons. The van der Waals surface area contributed by atoms with Crippen LogP contribution in [0.4, 0.5) is 4.39 Å². The minimum absolute atomic E-state index is 0.149. The van der Waals surface area contributed by atoms with Gasteiger partial charge in [0.1, 0.15) is 11.6 Å². The molecule has 1 aromatic rings. The molecular formula is C12H14FNO2. The number of rotatable bonds is 3. The quantitative estimate of drug-likeness (QED) is 0.785.